The average Bonchev–Trinajstić information content (AvgIpc) is 3.13. The van der Waals surface area contributed by atoms with Gasteiger partial charge in [0.25, 0.3) is 0 Å². The Morgan fingerprint density at radius 3 is 2.91 bits per heavy atom. The van der Waals surface area contributed by atoms with Gasteiger partial charge in [-0.1, -0.05) is 6.07 Å². The molecular formula is C17H23N5O. The zero-order valence-corrected chi connectivity index (χ0v) is 13.8. The third-order valence-corrected chi connectivity index (χ3v) is 4.24. The number of aromatic nitrogens is 2. The summed E-state index contributed by atoms with van der Waals surface area (Å²) >= 11 is 0. The molecule has 0 bridgehead atoms. The van der Waals surface area contributed by atoms with Crippen LogP contribution in [0.15, 0.2) is 30.5 Å². The van der Waals surface area contributed by atoms with Crippen molar-refractivity contribution in [1.29, 1.82) is 0 Å². The second-order valence-electron chi connectivity index (χ2n) is 5.83. The number of aryl methyl sites for hydroxylation is 1. The quantitative estimate of drug-likeness (QED) is 0.912. The van der Waals surface area contributed by atoms with E-state index in [0.717, 1.165) is 30.0 Å². The van der Waals surface area contributed by atoms with Crippen LogP contribution in [-0.4, -0.2) is 28.9 Å². The molecule has 0 spiro atoms. The highest BCUT2D eigenvalue weighted by atomic mass is 16.2. The standard InChI is InChI=1S/C17H23N5O/c1-4-18-17(23)22-10-8-13-5-6-14(11-16(13)22)20-12(2)15-7-9-19-21(15)3/h5-7,9,11-12,20H,4,8,10H2,1-3H3,(H,18,23). The highest BCUT2D eigenvalue weighted by Gasteiger charge is 2.24. The fourth-order valence-electron chi connectivity index (χ4n) is 3.06. The molecule has 3 rings (SSSR count). The van der Waals surface area contributed by atoms with Crippen molar-refractivity contribution >= 4 is 17.4 Å². The molecule has 1 atom stereocenters. The van der Waals surface area contributed by atoms with E-state index in [0.29, 0.717) is 6.54 Å². The van der Waals surface area contributed by atoms with Crippen molar-refractivity contribution in [3.05, 3.63) is 41.7 Å². The van der Waals surface area contributed by atoms with Gasteiger partial charge in [0.1, 0.15) is 0 Å². The minimum atomic E-state index is -0.0249. The maximum absolute atomic E-state index is 12.2. The molecule has 122 valence electrons. The number of nitrogens with one attached hydrogen (secondary N) is 2. The molecule has 1 unspecified atom stereocenters. The Bertz CT molecular complexity index is 709. The van der Waals surface area contributed by atoms with Crippen LogP contribution in [0.5, 0.6) is 0 Å². The molecule has 1 aromatic carbocycles. The van der Waals surface area contributed by atoms with Crippen LogP contribution in [0.1, 0.15) is 31.1 Å². The molecule has 0 saturated carbocycles. The minimum absolute atomic E-state index is 0.0249. The van der Waals surface area contributed by atoms with Gasteiger partial charge in [-0.2, -0.15) is 5.10 Å². The average molecular weight is 313 g/mol. The molecule has 1 aliphatic heterocycles. The van der Waals surface area contributed by atoms with Gasteiger partial charge in [0, 0.05) is 32.0 Å². The Morgan fingerprint density at radius 2 is 2.22 bits per heavy atom. The summed E-state index contributed by atoms with van der Waals surface area (Å²) in [6.45, 7) is 5.41. The molecule has 0 radical (unpaired) electrons. The minimum Gasteiger partial charge on any atom is -0.377 e. The van der Waals surface area contributed by atoms with E-state index >= 15 is 0 Å². The zero-order valence-electron chi connectivity index (χ0n) is 13.8. The van der Waals surface area contributed by atoms with Gasteiger partial charge in [-0.3, -0.25) is 9.58 Å². The molecule has 1 aromatic heterocycles. The van der Waals surface area contributed by atoms with E-state index in [4.69, 9.17) is 0 Å². The Labute approximate surface area is 136 Å². The molecule has 2 N–H and O–H groups in total. The van der Waals surface area contributed by atoms with E-state index in [9.17, 15) is 4.79 Å². The number of fused-ring (bicyclic) bond motifs is 1. The highest BCUT2D eigenvalue weighted by Crippen LogP contribution is 2.32. The van der Waals surface area contributed by atoms with E-state index in [1.54, 1.807) is 6.20 Å². The van der Waals surface area contributed by atoms with Gasteiger partial charge in [0.2, 0.25) is 0 Å². The second-order valence-corrected chi connectivity index (χ2v) is 5.83. The lowest BCUT2D eigenvalue weighted by Crippen LogP contribution is -2.38. The van der Waals surface area contributed by atoms with E-state index in [1.165, 1.54) is 5.56 Å². The number of hydrogen-bond donors (Lipinski definition) is 2. The van der Waals surface area contributed by atoms with Gasteiger partial charge in [-0.05, 0) is 44.0 Å². The molecule has 0 saturated heterocycles. The number of nitrogens with zero attached hydrogens (tertiary/aromatic N) is 3. The van der Waals surface area contributed by atoms with Gasteiger partial charge in [-0.25, -0.2) is 4.79 Å². The molecule has 23 heavy (non-hydrogen) atoms. The largest absolute Gasteiger partial charge is 0.377 e. The maximum atomic E-state index is 12.2. The van der Waals surface area contributed by atoms with Crippen LogP contribution >= 0.6 is 0 Å². The van der Waals surface area contributed by atoms with Crippen molar-refractivity contribution in [1.82, 2.24) is 15.1 Å². The molecule has 6 nitrogen and oxygen atoms in total. The summed E-state index contributed by atoms with van der Waals surface area (Å²) in [6, 6.07) is 8.36. The number of urea groups is 1. The summed E-state index contributed by atoms with van der Waals surface area (Å²) in [5, 5.41) is 10.6. The third-order valence-electron chi connectivity index (χ3n) is 4.24. The van der Waals surface area contributed by atoms with E-state index < -0.39 is 0 Å². The van der Waals surface area contributed by atoms with Gasteiger partial charge in [0.15, 0.2) is 0 Å². The summed E-state index contributed by atoms with van der Waals surface area (Å²) < 4.78 is 1.87. The Kier molecular flexibility index (Phi) is 4.23. The number of hydrogen-bond acceptors (Lipinski definition) is 3. The molecular weight excluding hydrogens is 290 g/mol. The second kappa shape index (κ2) is 6.32. The van der Waals surface area contributed by atoms with Crippen molar-refractivity contribution in [2.24, 2.45) is 7.05 Å². The smallest absolute Gasteiger partial charge is 0.321 e. The lowest BCUT2D eigenvalue weighted by atomic mass is 10.1. The summed E-state index contributed by atoms with van der Waals surface area (Å²) in [6.07, 6.45) is 2.71. The first-order valence-electron chi connectivity index (χ1n) is 8.03. The summed E-state index contributed by atoms with van der Waals surface area (Å²) in [4.78, 5) is 14.0. The molecule has 1 aliphatic rings. The van der Waals surface area contributed by atoms with E-state index in [1.807, 2.05) is 29.6 Å². The highest BCUT2D eigenvalue weighted by molar-refractivity contribution is 5.94. The summed E-state index contributed by atoms with van der Waals surface area (Å²) in [5.41, 5.74) is 4.34. The van der Waals surface area contributed by atoms with Crippen molar-refractivity contribution in [2.75, 3.05) is 23.3 Å². The van der Waals surface area contributed by atoms with Crippen LogP contribution in [0.2, 0.25) is 0 Å². The topological polar surface area (TPSA) is 62.2 Å². The van der Waals surface area contributed by atoms with Crippen molar-refractivity contribution in [3.63, 3.8) is 0 Å². The van der Waals surface area contributed by atoms with Crippen LogP contribution in [0.4, 0.5) is 16.2 Å². The van der Waals surface area contributed by atoms with Crippen LogP contribution in [-0.2, 0) is 13.5 Å². The van der Waals surface area contributed by atoms with E-state index in [-0.39, 0.29) is 12.1 Å². The number of carbonyl (C=O) groups is 1. The summed E-state index contributed by atoms with van der Waals surface area (Å²) in [7, 11) is 1.94. The van der Waals surface area contributed by atoms with Crippen LogP contribution < -0.4 is 15.5 Å². The molecule has 2 amide bonds. The fraction of sp³-hybridized carbons (Fsp3) is 0.412. The van der Waals surface area contributed by atoms with E-state index in [2.05, 4.69) is 40.9 Å². The molecule has 2 heterocycles. The van der Waals surface area contributed by atoms with Crippen molar-refractivity contribution in [3.8, 4) is 0 Å². The number of rotatable bonds is 4. The Morgan fingerprint density at radius 1 is 1.39 bits per heavy atom. The number of carbonyl (C=O) groups excluding carboxylic acids is 1. The molecule has 2 aromatic rings. The van der Waals surface area contributed by atoms with Crippen LogP contribution in [0.25, 0.3) is 0 Å². The van der Waals surface area contributed by atoms with Gasteiger partial charge < -0.3 is 10.6 Å². The first kappa shape index (κ1) is 15.4. The predicted molar refractivity (Wildman–Crippen MR) is 91.8 cm³/mol. The Hall–Kier alpha value is -2.50. The maximum Gasteiger partial charge on any atom is 0.321 e. The van der Waals surface area contributed by atoms with Crippen molar-refractivity contribution in [2.45, 2.75) is 26.3 Å². The first-order chi connectivity index (χ1) is 11.1. The number of benzene rings is 1. The normalized spacial score (nSPS) is 14.5. The van der Waals surface area contributed by atoms with Crippen LogP contribution in [0.3, 0.4) is 0 Å². The first-order valence-corrected chi connectivity index (χ1v) is 8.03. The number of anilines is 2. The van der Waals surface area contributed by atoms with Crippen molar-refractivity contribution < 1.29 is 4.79 Å². The van der Waals surface area contributed by atoms with Gasteiger partial charge >= 0.3 is 6.03 Å². The lowest BCUT2D eigenvalue weighted by molar-refractivity contribution is 0.247. The van der Waals surface area contributed by atoms with Crippen LogP contribution in [0, 0.1) is 0 Å². The monoisotopic (exact) mass is 313 g/mol. The summed E-state index contributed by atoms with van der Waals surface area (Å²) in [5.74, 6) is 0. The molecule has 0 aliphatic carbocycles. The SMILES string of the molecule is CCNC(=O)N1CCc2ccc(NC(C)c3ccnn3C)cc21. The van der Waals surface area contributed by atoms with Gasteiger partial charge in [-0.15, -0.1) is 0 Å². The predicted octanol–water partition coefficient (Wildman–Crippen LogP) is 2.69. The molecule has 6 heteroatoms. The fourth-order valence-corrected chi connectivity index (χ4v) is 3.06. The molecule has 0 fully saturated rings. The zero-order chi connectivity index (χ0) is 16.4. The lowest BCUT2D eigenvalue weighted by Gasteiger charge is -2.20. The Balaban J connectivity index is 1.79. The number of amides is 2. The van der Waals surface area contributed by atoms with Gasteiger partial charge in [0.05, 0.1) is 17.4 Å². The third kappa shape index (κ3) is 3.02.